The minimum absolute atomic E-state index is 0.0343. The number of hydrogen-bond donors (Lipinski definition) is 1. The fourth-order valence-electron chi connectivity index (χ4n) is 2.55. The van der Waals surface area contributed by atoms with Crippen molar-refractivity contribution < 1.29 is 36.6 Å². The normalized spacial score (nSPS) is 11.1. The first-order valence-corrected chi connectivity index (χ1v) is 10.3. The molecule has 2 amide bonds. The number of thioether (sulfide) groups is 1. The van der Waals surface area contributed by atoms with Crippen LogP contribution in [-0.2, 0) is 9.59 Å². The molecule has 0 saturated heterocycles. The van der Waals surface area contributed by atoms with Gasteiger partial charge in [-0.2, -0.15) is 17.6 Å². The van der Waals surface area contributed by atoms with E-state index in [2.05, 4.69) is 14.8 Å². The van der Waals surface area contributed by atoms with E-state index in [0.717, 1.165) is 28.0 Å². The zero-order chi connectivity index (χ0) is 23.7. The maximum absolute atomic E-state index is 12.6. The monoisotopic (exact) mass is 472 g/mol. The number of rotatable bonds is 10. The van der Waals surface area contributed by atoms with Gasteiger partial charge in [-0.25, -0.2) is 0 Å². The van der Waals surface area contributed by atoms with Crippen molar-refractivity contribution in [3.63, 3.8) is 0 Å². The lowest BCUT2D eigenvalue weighted by molar-refractivity contribution is -0.129. The Morgan fingerprint density at radius 1 is 1.09 bits per heavy atom. The second kappa shape index (κ2) is 12.0. The van der Waals surface area contributed by atoms with Crippen LogP contribution >= 0.6 is 11.8 Å². The lowest BCUT2D eigenvalue weighted by Crippen LogP contribution is -2.33. The van der Waals surface area contributed by atoms with Crippen LogP contribution in [0.1, 0.15) is 5.56 Å². The summed E-state index contributed by atoms with van der Waals surface area (Å²) in [5, 5.41) is 2.72. The molecule has 0 saturated carbocycles. The van der Waals surface area contributed by atoms with Gasteiger partial charge in [0.25, 0.3) is 0 Å². The number of halogens is 4. The second-order valence-electron chi connectivity index (χ2n) is 6.23. The van der Waals surface area contributed by atoms with Gasteiger partial charge in [0.2, 0.25) is 11.8 Å². The van der Waals surface area contributed by atoms with Crippen molar-refractivity contribution in [3.05, 3.63) is 54.1 Å². The highest BCUT2D eigenvalue weighted by Gasteiger charge is 2.15. The van der Waals surface area contributed by atoms with E-state index >= 15 is 0 Å². The maximum Gasteiger partial charge on any atom is 0.387 e. The minimum atomic E-state index is -3.21. The molecule has 0 bridgehead atoms. The number of carbonyl (C=O) groups excluding carboxylic acids is 2. The zero-order valence-electron chi connectivity index (χ0n) is 17.1. The quantitative estimate of drug-likeness (QED) is 0.308. The average molecular weight is 472 g/mol. The lowest BCUT2D eigenvalue weighted by Gasteiger charge is -2.16. The molecule has 1 N–H and O–H groups in total. The topological polar surface area (TPSA) is 67.9 Å². The molecule has 6 nitrogen and oxygen atoms in total. The van der Waals surface area contributed by atoms with Crippen LogP contribution in [0.2, 0.25) is 0 Å². The molecule has 0 aliphatic rings. The number of nitrogens with one attached hydrogen (secondary N) is 1. The number of hydrogen-bond acceptors (Lipinski definition) is 5. The highest BCUT2D eigenvalue weighted by molar-refractivity contribution is 7.98. The molecule has 0 fully saturated rings. The van der Waals surface area contributed by atoms with Gasteiger partial charge < -0.3 is 19.7 Å². The molecule has 0 radical (unpaired) electrons. The standard InChI is InChI=1S/C21H20F4N2O4S/c1-27(12-18(28)26-15-5-3-4-6-17(15)32-2)19(29)10-8-13-7-9-14(30-20(22)23)11-16(13)31-21(24)25/h3-11,20-21H,12H2,1-2H3,(H,26,28)/b10-8+. The molecular weight excluding hydrogens is 452 g/mol. The Hall–Kier alpha value is -3.21. The summed E-state index contributed by atoms with van der Waals surface area (Å²) in [6.07, 6.45) is 4.08. The minimum Gasteiger partial charge on any atom is -0.435 e. The summed E-state index contributed by atoms with van der Waals surface area (Å²) in [6, 6.07) is 10.3. The van der Waals surface area contributed by atoms with Gasteiger partial charge in [-0.3, -0.25) is 9.59 Å². The number of ether oxygens (including phenoxy) is 2. The largest absolute Gasteiger partial charge is 0.435 e. The third-order valence-corrected chi connectivity index (χ3v) is 4.77. The van der Waals surface area contributed by atoms with Crippen molar-refractivity contribution in [2.45, 2.75) is 18.1 Å². The summed E-state index contributed by atoms with van der Waals surface area (Å²) in [5.74, 6) is -1.84. The molecule has 0 atom stereocenters. The van der Waals surface area contributed by atoms with E-state index in [9.17, 15) is 27.2 Å². The summed E-state index contributed by atoms with van der Waals surface area (Å²) in [5.41, 5.74) is 0.647. The Balaban J connectivity index is 2.05. The highest BCUT2D eigenvalue weighted by atomic mass is 32.2. The molecule has 0 unspecified atom stereocenters. The van der Waals surface area contributed by atoms with Gasteiger partial charge in [-0.15, -0.1) is 11.8 Å². The maximum atomic E-state index is 12.6. The van der Waals surface area contributed by atoms with Crippen LogP contribution in [0.4, 0.5) is 23.2 Å². The number of para-hydroxylation sites is 1. The van der Waals surface area contributed by atoms with E-state index in [0.29, 0.717) is 5.69 Å². The molecule has 2 rings (SSSR count). The Bertz CT molecular complexity index is 973. The molecule has 2 aromatic carbocycles. The number of anilines is 1. The first kappa shape index (κ1) is 25.1. The fraction of sp³-hybridized carbons (Fsp3) is 0.238. The van der Waals surface area contributed by atoms with E-state index < -0.39 is 30.8 Å². The molecule has 172 valence electrons. The summed E-state index contributed by atoms with van der Waals surface area (Å²) < 4.78 is 58.4. The predicted molar refractivity (Wildman–Crippen MR) is 113 cm³/mol. The van der Waals surface area contributed by atoms with Crippen molar-refractivity contribution in [3.8, 4) is 11.5 Å². The van der Waals surface area contributed by atoms with E-state index in [4.69, 9.17) is 0 Å². The van der Waals surface area contributed by atoms with E-state index in [1.807, 2.05) is 18.4 Å². The van der Waals surface area contributed by atoms with Crippen LogP contribution in [0.25, 0.3) is 6.08 Å². The summed E-state index contributed by atoms with van der Waals surface area (Å²) in [4.78, 5) is 26.6. The highest BCUT2D eigenvalue weighted by Crippen LogP contribution is 2.28. The number of amides is 2. The summed E-state index contributed by atoms with van der Waals surface area (Å²) in [7, 11) is 1.39. The number of likely N-dealkylation sites (N-methyl/N-ethyl adjacent to an activating group) is 1. The van der Waals surface area contributed by atoms with Crippen LogP contribution < -0.4 is 14.8 Å². The Kier molecular flexibility index (Phi) is 9.39. The molecule has 0 spiro atoms. The SMILES string of the molecule is CSc1ccccc1NC(=O)CN(C)C(=O)/C=C/c1ccc(OC(F)F)cc1OC(F)F. The van der Waals surface area contributed by atoms with Crippen molar-refractivity contribution >= 4 is 35.3 Å². The van der Waals surface area contributed by atoms with Crippen molar-refractivity contribution in [2.24, 2.45) is 0 Å². The number of nitrogens with zero attached hydrogens (tertiary/aromatic N) is 1. The third-order valence-electron chi connectivity index (χ3n) is 3.97. The Morgan fingerprint density at radius 2 is 1.78 bits per heavy atom. The number of benzene rings is 2. The molecule has 11 heteroatoms. The van der Waals surface area contributed by atoms with Crippen molar-refractivity contribution in [2.75, 3.05) is 25.2 Å². The van der Waals surface area contributed by atoms with Crippen LogP contribution in [0, 0.1) is 0 Å². The smallest absolute Gasteiger partial charge is 0.387 e. The average Bonchev–Trinajstić information content (AvgIpc) is 2.72. The van der Waals surface area contributed by atoms with Gasteiger partial charge in [0, 0.05) is 29.6 Å². The van der Waals surface area contributed by atoms with E-state index in [1.165, 1.54) is 31.0 Å². The zero-order valence-corrected chi connectivity index (χ0v) is 17.9. The lowest BCUT2D eigenvalue weighted by atomic mass is 10.1. The predicted octanol–water partition coefficient (Wildman–Crippen LogP) is 4.72. The third kappa shape index (κ3) is 7.80. The molecule has 0 heterocycles. The fourth-order valence-corrected chi connectivity index (χ4v) is 3.10. The molecule has 0 aromatic heterocycles. The first-order valence-electron chi connectivity index (χ1n) is 9.09. The van der Waals surface area contributed by atoms with Gasteiger partial charge in [-0.1, -0.05) is 12.1 Å². The van der Waals surface area contributed by atoms with Gasteiger partial charge >= 0.3 is 13.2 Å². The van der Waals surface area contributed by atoms with Crippen LogP contribution in [-0.4, -0.2) is 49.8 Å². The first-order chi connectivity index (χ1) is 15.2. The van der Waals surface area contributed by atoms with Gasteiger partial charge in [0.15, 0.2) is 0 Å². The van der Waals surface area contributed by atoms with Gasteiger partial charge in [0.1, 0.15) is 11.5 Å². The Labute approximate surface area is 186 Å². The van der Waals surface area contributed by atoms with E-state index in [1.54, 1.807) is 12.1 Å². The van der Waals surface area contributed by atoms with Gasteiger partial charge in [0.05, 0.1) is 12.2 Å². The number of carbonyl (C=O) groups is 2. The molecule has 0 aliphatic carbocycles. The molecule has 2 aromatic rings. The second-order valence-corrected chi connectivity index (χ2v) is 7.08. The molecule has 32 heavy (non-hydrogen) atoms. The van der Waals surface area contributed by atoms with Crippen LogP contribution in [0.5, 0.6) is 11.5 Å². The Morgan fingerprint density at radius 3 is 2.44 bits per heavy atom. The number of alkyl halides is 4. The molecular formula is C21H20F4N2O4S. The summed E-state index contributed by atoms with van der Waals surface area (Å²) in [6.45, 7) is -6.61. The molecule has 0 aliphatic heterocycles. The van der Waals surface area contributed by atoms with Crippen molar-refractivity contribution in [1.82, 2.24) is 4.90 Å². The van der Waals surface area contributed by atoms with Crippen LogP contribution in [0.3, 0.4) is 0 Å². The van der Waals surface area contributed by atoms with Gasteiger partial charge in [-0.05, 0) is 36.6 Å². The van der Waals surface area contributed by atoms with Crippen LogP contribution in [0.15, 0.2) is 53.4 Å². The van der Waals surface area contributed by atoms with E-state index in [-0.39, 0.29) is 17.9 Å². The summed E-state index contributed by atoms with van der Waals surface area (Å²) >= 11 is 1.46. The van der Waals surface area contributed by atoms with Crippen molar-refractivity contribution in [1.29, 1.82) is 0 Å².